The fourth-order valence-electron chi connectivity index (χ4n) is 2.40. The van der Waals surface area contributed by atoms with E-state index in [0.717, 1.165) is 31.9 Å². The van der Waals surface area contributed by atoms with Crippen LogP contribution < -0.4 is 5.32 Å². The number of imidazole rings is 1. The van der Waals surface area contributed by atoms with Crippen LogP contribution in [0.1, 0.15) is 29.7 Å². The first-order valence-electron chi connectivity index (χ1n) is 6.57. The standard InChI is InChI=1S/C14H22N4/c1-4-18-11(2)9-13(12(18)3)10-15-6-5-14-16-7-8-17-14/h7-9,15H,4-6,10H2,1-3H3,(H,16,17). The van der Waals surface area contributed by atoms with Gasteiger partial charge in [-0.15, -0.1) is 0 Å². The molecule has 0 unspecified atom stereocenters. The van der Waals surface area contributed by atoms with E-state index in [0.29, 0.717) is 0 Å². The van der Waals surface area contributed by atoms with E-state index in [1.54, 1.807) is 6.20 Å². The van der Waals surface area contributed by atoms with Crippen LogP contribution in [0.3, 0.4) is 0 Å². The van der Waals surface area contributed by atoms with Crippen LogP contribution >= 0.6 is 0 Å². The fourth-order valence-corrected chi connectivity index (χ4v) is 2.40. The summed E-state index contributed by atoms with van der Waals surface area (Å²) in [4.78, 5) is 7.32. The van der Waals surface area contributed by atoms with Crippen LogP contribution in [0.15, 0.2) is 18.5 Å². The molecular formula is C14H22N4. The van der Waals surface area contributed by atoms with Crippen molar-refractivity contribution in [3.63, 3.8) is 0 Å². The third kappa shape index (κ3) is 2.82. The molecule has 2 aromatic heterocycles. The SMILES string of the molecule is CCn1c(C)cc(CNCCc2ncc[nH]2)c1C. The summed E-state index contributed by atoms with van der Waals surface area (Å²) in [6, 6.07) is 2.28. The van der Waals surface area contributed by atoms with Crippen LogP contribution in [0.25, 0.3) is 0 Å². The first-order valence-corrected chi connectivity index (χ1v) is 6.57. The van der Waals surface area contributed by atoms with E-state index in [4.69, 9.17) is 0 Å². The average molecular weight is 246 g/mol. The van der Waals surface area contributed by atoms with Crippen LogP contribution in [0.5, 0.6) is 0 Å². The molecule has 98 valence electrons. The van der Waals surface area contributed by atoms with Gasteiger partial charge in [0.15, 0.2) is 0 Å². The van der Waals surface area contributed by atoms with Gasteiger partial charge in [-0.25, -0.2) is 4.98 Å². The average Bonchev–Trinajstić information content (AvgIpc) is 2.94. The Morgan fingerprint density at radius 1 is 1.39 bits per heavy atom. The van der Waals surface area contributed by atoms with Gasteiger partial charge in [0.05, 0.1) is 0 Å². The van der Waals surface area contributed by atoms with E-state index in [9.17, 15) is 0 Å². The summed E-state index contributed by atoms with van der Waals surface area (Å²) < 4.78 is 2.35. The van der Waals surface area contributed by atoms with Gasteiger partial charge < -0.3 is 14.9 Å². The number of H-pyrrole nitrogens is 1. The van der Waals surface area contributed by atoms with Crippen molar-refractivity contribution in [2.24, 2.45) is 0 Å². The van der Waals surface area contributed by atoms with Gasteiger partial charge in [-0.05, 0) is 32.4 Å². The Labute approximate surface area is 108 Å². The van der Waals surface area contributed by atoms with Gasteiger partial charge in [-0.1, -0.05) is 0 Å². The number of hydrogen-bond acceptors (Lipinski definition) is 2. The zero-order valence-corrected chi connectivity index (χ0v) is 11.5. The van der Waals surface area contributed by atoms with Crippen LogP contribution in [-0.4, -0.2) is 21.1 Å². The maximum absolute atomic E-state index is 4.21. The molecule has 0 radical (unpaired) electrons. The molecule has 4 nitrogen and oxygen atoms in total. The maximum atomic E-state index is 4.21. The van der Waals surface area contributed by atoms with Gasteiger partial charge in [0.25, 0.3) is 0 Å². The van der Waals surface area contributed by atoms with Crippen molar-refractivity contribution < 1.29 is 0 Å². The molecule has 18 heavy (non-hydrogen) atoms. The van der Waals surface area contributed by atoms with Gasteiger partial charge in [-0.3, -0.25) is 0 Å². The summed E-state index contributed by atoms with van der Waals surface area (Å²) in [6.07, 6.45) is 4.61. The largest absolute Gasteiger partial charge is 0.349 e. The highest BCUT2D eigenvalue weighted by molar-refractivity contribution is 5.26. The molecule has 0 saturated carbocycles. The Hall–Kier alpha value is -1.55. The summed E-state index contributed by atoms with van der Waals surface area (Å²) in [5.41, 5.74) is 4.12. The maximum Gasteiger partial charge on any atom is 0.107 e. The second-order valence-electron chi connectivity index (χ2n) is 4.60. The monoisotopic (exact) mass is 246 g/mol. The Kier molecular flexibility index (Phi) is 4.20. The van der Waals surface area contributed by atoms with E-state index in [1.165, 1.54) is 17.0 Å². The molecule has 0 fully saturated rings. The summed E-state index contributed by atoms with van der Waals surface area (Å²) in [5.74, 6) is 1.04. The van der Waals surface area contributed by atoms with Crippen LogP contribution in [0, 0.1) is 13.8 Å². The predicted octanol–water partition coefficient (Wildman–Crippen LogP) is 2.18. The quantitative estimate of drug-likeness (QED) is 0.767. The number of aromatic amines is 1. The molecule has 0 atom stereocenters. The summed E-state index contributed by atoms with van der Waals surface area (Å²) in [7, 11) is 0. The molecular weight excluding hydrogens is 224 g/mol. The highest BCUT2D eigenvalue weighted by atomic mass is 15.0. The smallest absolute Gasteiger partial charge is 0.107 e. The van der Waals surface area contributed by atoms with E-state index in [1.807, 2.05) is 6.20 Å². The van der Waals surface area contributed by atoms with Crippen molar-refractivity contribution in [1.82, 2.24) is 19.9 Å². The number of hydrogen-bond donors (Lipinski definition) is 2. The van der Waals surface area contributed by atoms with Gasteiger partial charge >= 0.3 is 0 Å². The fraction of sp³-hybridized carbons (Fsp3) is 0.500. The van der Waals surface area contributed by atoms with E-state index in [-0.39, 0.29) is 0 Å². The van der Waals surface area contributed by atoms with Crippen LogP contribution in [0.4, 0.5) is 0 Å². The van der Waals surface area contributed by atoms with Crippen molar-refractivity contribution in [3.8, 4) is 0 Å². The Morgan fingerprint density at radius 2 is 2.22 bits per heavy atom. The molecule has 2 rings (SSSR count). The van der Waals surface area contributed by atoms with E-state index < -0.39 is 0 Å². The van der Waals surface area contributed by atoms with E-state index in [2.05, 4.69) is 46.7 Å². The van der Waals surface area contributed by atoms with E-state index >= 15 is 0 Å². The lowest BCUT2D eigenvalue weighted by atomic mass is 10.2. The van der Waals surface area contributed by atoms with Gasteiger partial charge in [-0.2, -0.15) is 0 Å². The normalized spacial score (nSPS) is 11.1. The molecule has 2 heterocycles. The zero-order valence-electron chi connectivity index (χ0n) is 11.5. The molecule has 4 heteroatoms. The molecule has 2 N–H and O–H groups in total. The van der Waals surface area contributed by atoms with Crippen molar-refractivity contribution in [2.45, 2.75) is 40.3 Å². The molecule has 0 saturated heterocycles. The highest BCUT2D eigenvalue weighted by Crippen LogP contribution is 2.14. The first-order chi connectivity index (χ1) is 8.72. The topological polar surface area (TPSA) is 45.6 Å². The molecule has 2 aromatic rings. The number of nitrogens with one attached hydrogen (secondary N) is 2. The lowest BCUT2D eigenvalue weighted by Gasteiger charge is -2.07. The van der Waals surface area contributed by atoms with Gasteiger partial charge in [0.1, 0.15) is 5.82 Å². The molecule has 0 spiro atoms. The second-order valence-corrected chi connectivity index (χ2v) is 4.60. The number of aryl methyl sites for hydroxylation is 1. The summed E-state index contributed by atoms with van der Waals surface area (Å²) in [5, 5.41) is 3.47. The predicted molar refractivity (Wildman–Crippen MR) is 73.6 cm³/mol. The lowest BCUT2D eigenvalue weighted by Crippen LogP contribution is -2.17. The summed E-state index contributed by atoms with van der Waals surface area (Å²) >= 11 is 0. The number of aromatic nitrogens is 3. The Balaban J connectivity index is 1.83. The molecule has 0 aliphatic carbocycles. The third-order valence-electron chi connectivity index (χ3n) is 3.40. The van der Waals surface area contributed by atoms with Crippen molar-refractivity contribution in [2.75, 3.05) is 6.54 Å². The molecule has 0 amide bonds. The van der Waals surface area contributed by atoms with Crippen molar-refractivity contribution >= 4 is 0 Å². The minimum absolute atomic E-state index is 0.931. The second kappa shape index (κ2) is 5.87. The number of nitrogens with zero attached hydrogens (tertiary/aromatic N) is 2. The van der Waals surface area contributed by atoms with Crippen molar-refractivity contribution in [1.29, 1.82) is 0 Å². The minimum atomic E-state index is 0.931. The Bertz CT molecular complexity index is 482. The van der Waals surface area contributed by atoms with Crippen LogP contribution in [0.2, 0.25) is 0 Å². The number of rotatable bonds is 6. The minimum Gasteiger partial charge on any atom is -0.349 e. The zero-order chi connectivity index (χ0) is 13.0. The van der Waals surface area contributed by atoms with Gasteiger partial charge in [0, 0.05) is 49.8 Å². The van der Waals surface area contributed by atoms with Gasteiger partial charge in [0.2, 0.25) is 0 Å². The third-order valence-corrected chi connectivity index (χ3v) is 3.40. The van der Waals surface area contributed by atoms with Crippen molar-refractivity contribution in [3.05, 3.63) is 41.2 Å². The first kappa shape index (κ1) is 12.9. The lowest BCUT2D eigenvalue weighted by molar-refractivity contribution is 0.663. The Morgan fingerprint density at radius 3 is 2.83 bits per heavy atom. The molecule has 0 bridgehead atoms. The molecule has 0 aliphatic rings. The van der Waals surface area contributed by atoms with Crippen LogP contribution in [-0.2, 0) is 19.5 Å². The molecule has 0 aromatic carbocycles. The summed E-state index contributed by atoms with van der Waals surface area (Å²) in [6.45, 7) is 9.48. The highest BCUT2D eigenvalue weighted by Gasteiger charge is 2.06. The molecule has 0 aliphatic heterocycles.